The second kappa shape index (κ2) is 3.74. The van der Waals surface area contributed by atoms with Crippen LogP contribution in [0.1, 0.15) is 24.9 Å². The van der Waals surface area contributed by atoms with E-state index >= 15 is 0 Å². The van der Waals surface area contributed by atoms with E-state index in [1.165, 1.54) is 5.56 Å². The Balaban J connectivity index is 2.71. The summed E-state index contributed by atoms with van der Waals surface area (Å²) in [4.78, 5) is 0. The molecule has 1 heterocycles. The van der Waals surface area contributed by atoms with Gasteiger partial charge in [0.15, 0.2) is 5.06 Å². The van der Waals surface area contributed by atoms with Crippen molar-refractivity contribution in [1.82, 2.24) is 0 Å². The van der Waals surface area contributed by atoms with Gasteiger partial charge in [-0.25, -0.2) is 0 Å². The normalized spacial score (nSPS) is 13.0. The molecule has 11 heavy (non-hydrogen) atoms. The Bertz CT molecular complexity index is 222. The molecular formula is C8H13NOS. The molecule has 1 aromatic heterocycles. The third kappa shape index (κ3) is 1.94. The first kappa shape index (κ1) is 8.56. The zero-order valence-electron chi connectivity index (χ0n) is 6.83. The number of hydrogen-bond acceptors (Lipinski definition) is 3. The van der Waals surface area contributed by atoms with Crippen LogP contribution in [0.4, 0.5) is 0 Å². The average molecular weight is 171 g/mol. The maximum absolute atomic E-state index is 5.81. The van der Waals surface area contributed by atoms with E-state index in [0.717, 1.165) is 11.5 Å². The van der Waals surface area contributed by atoms with Gasteiger partial charge in [0, 0.05) is 6.04 Å². The third-order valence-electron chi connectivity index (χ3n) is 1.66. The Morgan fingerprint density at radius 1 is 1.73 bits per heavy atom. The van der Waals surface area contributed by atoms with Crippen LogP contribution in [0.15, 0.2) is 11.4 Å². The fourth-order valence-electron chi connectivity index (χ4n) is 0.867. The first-order valence-electron chi connectivity index (χ1n) is 3.66. The molecule has 1 aromatic rings. The van der Waals surface area contributed by atoms with Crippen molar-refractivity contribution in [2.24, 2.45) is 5.73 Å². The maximum atomic E-state index is 5.81. The molecule has 0 aliphatic rings. The smallest absolute Gasteiger partial charge is 0.173 e. The van der Waals surface area contributed by atoms with Crippen molar-refractivity contribution in [1.29, 1.82) is 0 Å². The minimum Gasteiger partial charge on any atom is -0.487 e. The molecule has 0 saturated carbocycles. The molecule has 0 aromatic carbocycles. The van der Waals surface area contributed by atoms with Crippen LogP contribution in [-0.2, 0) is 0 Å². The first-order chi connectivity index (χ1) is 5.27. The minimum atomic E-state index is 0.162. The highest BCUT2D eigenvalue weighted by Crippen LogP contribution is 2.26. The highest BCUT2D eigenvalue weighted by Gasteiger charge is 2.05. The van der Waals surface area contributed by atoms with Crippen molar-refractivity contribution in [3.8, 4) is 5.06 Å². The Hall–Kier alpha value is -0.540. The van der Waals surface area contributed by atoms with Gasteiger partial charge in [-0.1, -0.05) is 6.92 Å². The molecule has 3 heteroatoms. The molecule has 0 fully saturated rings. The largest absolute Gasteiger partial charge is 0.487 e. The Labute approximate surface area is 71.0 Å². The van der Waals surface area contributed by atoms with Crippen LogP contribution in [0.3, 0.4) is 0 Å². The fourth-order valence-corrected chi connectivity index (χ4v) is 1.66. The highest BCUT2D eigenvalue weighted by atomic mass is 32.1. The summed E-state index contributed by atoms with van der Waals surface area (Å²) in [6, 6.07) is 2.16. The molecule has 0 amide bonds. The van der Waals surface area contributed by atoms with E-state index in [9.17, 15) is 0 Å². The van der Waals surface area contributed by atoms with E-state index in [0.29, 0.717) is 0 Å². The lowest BCUT2D eigenvalue weighted by Gasteiger charge is -2.03. The summed E-state index contributed by atoms with van der Waals surface area (Å²) in [5.74, 6) is 0. The van der Waals surface area contributed by atoms with Crippen molar-refractivity contribution in [2.45, 2.75) is 19.4 Å². The zero-order valence-corrected chi connectivity index (χ0v) is 7.65. The molecule has 0 spiro atoms. The second-order valence-electron chi connectivity index (χ2n) is 2.42. The van der Waals surface area contributed by atoms with Crippen LogP contribution in [0.25, 0.3) is 0 Å². The number of methoxy groups -OCH3 is 1. The van der Waals surface area contributed by atoms with Crippen molar-refractivity contribution in [3.63, 3.8) is 0 Å². The van der Waals surface area contributed by atoms with Gasteiger partial charge < -0.3 is 10.5 Å². The molecule has 2 N–H and O–H groups in total. The van der Waals surface area contributed by atoms with Gasteiger partial charge in [-0.05, 0) is 23.4 Å². The average Bonchev–Trinajstić information content (AvgIpc) is 2.50. The summed E-state index contributed by atoms with van der Waals surface area (Å²) in [5, 5.41) is 2.98. The molecule has 0 unspecified atom stereocenters. The van der Waals surface area contributed by atoms with Gasteiger partial charge in [-0.3, -0.25) is 0 Å². The van der Waals surface area contributed by atoms with Gasteiger partial charge in [-0.15, -0.1) is 11.3 Å². The van der Waals surface area contributed by atoms with E-state index in [4.69, 9.17) is 10.5 Å². The number of nitrogens with two attached hydrogens (primary N) is 1. The minimum absolute atomic E-state index is 0.162. The summed E-state index contributed by atoms with van der Waals surface area (Å²) in [6.07, 6.45) is 0.972. The summed E-state index contributed by atoms with van der Waals surface area (Å²) >= 11 is 1.59. The molecule has 0 bridgehead atoms. The fraction of sp³-hybridized carbons (Fsp3) is 0.500. The third-order valence-corrected chi connectivity index (χ3v) is 2.57. The quantitative estimate of drug-likeness (QED) is 0.756. The molecule has 0 radical (unpaired) electrons. The molecule has 0 aliphatic heterocycles. The topological polar surface area (TPSA) is 35.2 Å². The number of ether oxygens (including phenoxy) is 1. The second-order valence-corrected chi connectivity index (χ2v) is 3.29. The summed E-state index contributed by atoms with van der Waals surface area (Å²) in [6.45, 7) is 2.08. The molecule has 62 valence electrons. The first-order valence-corrected chi connectivity index (χ1v) is 4.54. The van der Waals surface area contributed by atoms with E-state index in [1.54, 1.807) is 18.4 Å². The van der Waals surface area contributed by atoms with Crippen LogP contribution < -0.4 is 10.5 Å². The van der Waals surface area contributed by atoms with Crippen LogP contribution in [0.5, 0.6) is 5.06 Å². The van der Waals surface area contributed by atoms with Crippen LogP contribution in [-0.4, -0.2) is 7.11 Å². The maximum Gasteiger partial charge on any atom is 0.173 e. The van der Waals surface area contributed by atoms with Crippen molar-refractivity contribution < 1.29 is 4.74 Å². The molecular weight excluding hydrogens is 158 g/mol. The zero-order chi connectivity index (χ0) is 8.27. The van der Waals surface area contributed by atoms with Gasteiger partial charge >= 0.3 is 0 Å². The molecule has 1 atom stereocenters. The summed E-state index contributed by atoms with van der Waals surface area (Å²) < 4.78 is 5.05. The Morgan fingerprint density at radius 3 is 2.91 bits per heavy atom. The predicted octanol–water partition coefficient (Wildman–Crippen LogP) is 2.17. The SMILES string of the molecule is CC[C@@H](N)c1csc(OC)c1. The highest BCUT2D eigenvalue weighted by molar-refractivity contribution is 7.12. The molecule has 0 aliphatic carbocycles. The van der Waals surface area contributed by atoms with Gasteiger partial charge in [-0.2, -0.15) is 0 Å². The number of thiophene rings is 1. The van der Waals surface area contributed by atoms with Crippen molar-refractivity contribution >= 4 is 11.3 Å². The lowest BCUT2D eigenvalue weighted by Crippen LogP contribution is -2.06. The standard InChI is InChI=1S/C8H13NOS/c1-3-7(9)6-4-8(10-2)11-5-6/h4-5,7H,3,9H2,1-2H3/t7-/m1/s1. The molecule has 0 saturated heterocycles. The lowest BCUT2D eigenvalue weighted by molar-refractivity contribution is 0.426. The predicted molar refractivity (Wildman–Crippen MR) is 48.1 cm³/mol. The summed E-state index contributed by atoms with van der Waals surface area (Å²) in [7, 11) is 1.67. The molecule has 2 nitrogen and oxygen atoms in total. The Kier molecular flexibility index (Phi) is 2.91. The van der Waals surface area contributed by atoms with Gasteiger partial charge in [0.1, 0.15) is 0 Å². The lowest BCUT2D eigenvalue weighted by atomic mass is 10.1. The van der Waals surface area contributed by atoms with Crippen LogP contribution in [0.2, 0.25) is 0 Å². The van der Waals surface area contributed by atoms with Crippen molar-refractivity contribution in [2.75, 3.05) is 7.11 Å². The van der Waals surface area contributed by atoms with Gasteiger partial charge in [0.25, 0.3) is 0 Å². The van der Waals surface area contributed by atoms with Crippen molar-refractivity contribution in [3.05, 3.63) is 17.0 Å². The van der Waals surface area contributed by atoms with Crippen LogP contribution >= 0.6 is 11.3 Å². The van der Waals surface area contributed by atoms with E-state index in [-0.39, 0.29) is 6.04 Å². The Morgan fingerprint density at radius 2 is 2.45 bits per heavy atom. The van der Waals surface area contributed by atoms with Gasteiger partial charge in [0.2, 0.25) is 0 Å². The van der Waals surface area contributed by atoms with E-state index < -0.39 is 0 Å². The van der Waals surface area contributed by atoms with E-state index in [1.807, 2.05) is 11.4 Å². The monoisotopic (exact) mass is 171 g/mol. The molecule has 1 rings (SSSR count). The summed E-state index contributed by atoms with van der Waals surface area (Å²) in [5.41, 5.74) is 6.99. The van der Waals surface area contributed by atoms with Crippen LogP contribution in [0, 0.1) is 0 Å². The number of hydrogen-bond donors (Lipinski definition) is 1. The van der Waals surface area contributed by atoms with E-state index in [2.05, 4.69) is 6.92 Å². The van der Waals surface area contributed by atoms with Gasteiger partial charge in [0.05, 0.1) is 7.11 Å². The number of rotatable bonds is 3.